The zero-order valence-electron chi connectivity index (χ0n) is 18.6. The minimum Gasteiger partial charge on any atom is -0.507 e. The minimum atomic E-state index is -0.581. The Morgan fingerprint density at radius 3 is 2.46 bits per heavy atom. The number of rotatable bonds is 4. The van der Waals surface area contributed by atoms with E-state index in [4.69, 9.17) is 30.2 Å². The van der Waals surface area contributed by atoms with Gasteiger partial charge >= 0.3 is 5.97 Å². The molecule has 2 N–H and O–H groups in total. The van der Waals surface area contributed by atoms with Crippen LogP contribution in [0.2, 0.25) is 5.02 Å². The van der Waals surface area contributed by atoms with Crippen LogP contribution in [0.5, 0.6) is 28.7 Å². The molecule has 1 aromatic heterocycles. The van der Waals surface area contributed by atoms with E-state index in [1.165, 1.54) is 32.6 Å². The third kappa shape index (κ3) is 3.72. The van der Waals surface area contributed by atoms with Gasteiger partial charge in [0.05, 0.1) is 31.2 Å². The van der Waals surface area contributed by atoms with Gasteiger partial charge in [-0.15, -0.1) is 0 Å². The molecule has 0 aliphatic carbocycles. The summed E-state index contributed by atoms with van der Waals surface area (Å²) in [4.78, 5) is 25.9. The molecule has 1 aliphatic rings. The van der Waals surface area contributed by atoms with Gasteiger partial charge in [0.1, 0.15) is 34.5 Å². The third-order valence-electron chi connectivity index (χ3n) is 6.04. The van der Waals surface area contributed by atoms with Gasteiger partial charge in [0.15, 0.2) is 11.5 Å². The van der Waals surface area contributed by atoms with Gasteiger partial charge in [-0.25, -0.2) is 0 Å². The van der Waals surface area contributed by atoms with Gasteiger partial charge in [-0.05, 0) is 35.4 Å². The summed E-state index contributed by atoms with van der Waals surface area (Å²) >= 11 is 6.10. The Kier molecular flexibility index (Phi) is 5.53. The van der Waals surface area contributed by atoms with Crippen molar-refractivity contribution in [2.75, 3.05) is 14.2 Å². The molecule has 8 nitrogen and oxygen atoms in total. The molecule has 0 spiro atoms. The van der Waals surface area contributed by atoms with E-state index in [9.17, 15) is 19.8 Å². The topological polar surface area (TPSA) is 115 Å². The maximum absolute atomic E-state index is 13.5. The minimum absolute atomic E-state index is 0.0465. The highest BCUT2D eigenvalue weighted by Crippen LogP contribution is 2.46. The lowest BCUT2D eigenvalue weighted by atomic mass is 9.85. The van der Waals surface area contributed by atoms with Crippen LogP contribution < -0.4 is 19.6 Å². The Hall–Kier alpha value is -4.17. The van der Waals surface area contributed by atoms with Crippen molar-refractivity contribution in [2.45, 2.75) is 12.3 Å². The molecule has 0 unspecified atom stereocenters. The van der Waals surface area contributed by atoms with Crippen molar-refractivity contribution >= 4 is 28.5 Å². The maximum atomic E-state index is 13.5. The first kappa shape index (κ1) is 22.6. The molecule has 9 heteroatoms. The number of phenols is 2. The van der Waals surface area contributed by atoms with Crippen LogP contribution in [0.1, 0.15) is 23.5 Å². The van der Waals surface area contributed by atoms with Gasteiger partial charge in [-0.3, -0.25) is 9.59 Å². The van der Waals surface area contributed by atoms with Crippen molar-refractivity contribution in [1.29, 1.82) is 0 Å². The maximum Gasteiger partial charge on any atom is 0.312 e. The molecule has 178 valence electrons. The van der Waals surface area contributed by atoms with Crippen LogP contribution >= 0.6 is 11.6 Å². The first-order chi connectivity index (χ1) is 16.8. The summed E-state index contributed by atoms with van der Waals surface area (Å²) in [6.07, 6.45) is 1.25. The van der Waals surface area contributed by atoms with E-state index < -0.39 is 17.3 Å². The molecule has 4 aromatic rings. The number of halogens is 1. The Bertz CT molecular complexity index is 1560. The molecule has 0 amide bonds. The van der Waals surface area contributed by atoms with Gasteiger partial charge < -0.3 is 28.8 Å². The predicted molar refractivity (Wildman–Crippen MR) is 128 cm³/mol. The number of fused-ring (bicyclic) bond motifs is 3. The van der Waals surface area contributed by atoms with E-state index >= 15 is 0 Å². The number of aromatic hydroxyl groups is 2. The third-order valence-corrected chi connectivity index (χ3v) is 6.34. The number of benzene rings is 3. The molecule has 0 fully saturated rings. The Labute approximate surface area is 203 Å². The van der Waals surface area contributed by atoms with Crippen LogP contribution in [0.3, 0.4) is 0 Å². The van der Waals surface area contributed by atoms with Gasteiger partial charge in [0, 0.05) is 17.5 Å². The van der Waals surface area contributed by atoms with Crippen molar-refractivity contribution in [2.24, 2.45) is 0 Å². The first-order valence-electron chi connectivity index (χ1n) is 10.5. The standard InChI is InChI=1S/C26H19ClO8/c1-32-19-6-4-13(8-20(19)33-2)15-11-34-26-23-14(12-3-5-17(28)16(27)7-12)9-22(30)35-21(23)10-18(29)24(26)25(15)31/h3-8,10-11,14,28-29H,9H2,1-2H3/t14-/m0/s1. The molecule has 1 atom stereocenters. The van der Waals surface area contributed by atoms with Crippen LogP contribution in [0, 0.1) is 0 Å². The van der Waals surface area contributed by atoms with Gasteiger partial charge in [-0.1, -0.05) is 23.7 Å². The lowest BCUT2D eigenvalue weighted by molar-refractivity contribution is -0.135. The molecule has 5 rings (SSSR count). The molecule has 2 heterocycles. The summed E-state index contributed by atoms with van der Waals surface area (Å²) < 4.78 is 21.9. The summed E-state index contributed by atoms with van der Waals surface area (Å²) in [5.41, 5.74) is 1.36. The Morgan fingerprint density at radius 1 is 0.971 bits per heavy atom. The SMILES string of the molecule is COc1ccc(-c2coc3c4c(cc(O)c3c2=O)OC(=O)C[C@H]4c2ccc(O)c(Cl)c2)cc1OC. The normalized spacial score (nSPS) is 14.9. The molecule has 1 aliphatic heterocycles. The highest BCUT2D eigenvalue weighted by molar-refractivity contribution is 6.32. The second-order valence-corrected chi connectivity index (χ2v) is 8.41. The van der Waals surface area contributed by atoms with E-state index in [1.54, 1.807) is 30.3 Å². The number of carbonyl (C=O) groups is 1. The van der Waals surface area contributed by atoms with Crippen LogP contribution in [-0.2, 0) is 4.79 Å². The summed E-state index contributed by atoms with van der Waals surface area (Å²) in [6, 6.07) is 10.8. The molecular weight excluding hydrogens is 476 g/mol. The van der Waals surface area contributed by atoms with Crippen molar-refractivity contribution in [1.82, 2.24) is 0 Å². The summed E-state index contributed by atoms with van der Waals surface area (Å²) in [5, 5.41) is 20.6. The van der Waals surface area contributed by atoms with Crippen LogP contribution in [0.25, 0.3) is 22.1 Å². The average Bonchev–Trinajstić information content (AvgIpc) is 2.84. The number of ether oxygens (including phenoxy) is 3. The van der Waals surface area contributed by atoms with E-state index in [2.05, 4.69) is 0 Å². The number of methoxy groups -OCH3 is 2. The summed E-state index contributed by atoms with van der Waals surface area (Å²) in [6.45, 7) is 0. The fourth-order valence-electron chi connectivity index (χ4n) is 4.36. The number of hydrogen-bond donors (Lipinski definition) is 2. The zero-order chi connectivity index (χ0) is 24.9. The fourth-order valence-corrected chi connectivity index (χ4v) is 4.55. The lowest BCUT2D eigenvalue weighted by Gasteiger charge is -2.26. The largest absolute Gasteiger partial charge is 0.507 e. The number of phenolic OH excluding ortho intramolecular Hbond substituents is 2. The quantitative estimate of drug-likeness (QED) is 0.301. The van der Waals surface area contributed by atoms with Crippen molar-refractivity contribution < 1.29 is 33.6 Å². The number of esters is 1. The monoisotopic (exact) mass is 494 g/mol. The second kappa shape index (κ2) is 8.56. The first-order valence-corrected chi connectivity index (χ1v) is 10.9. The van der Waals surface area contributed by atoms with E-state index in [1.807, 2.05) is 0 Å². The van der Waals surface area contributed by atoms with Crippen LogP contribution in [0.15, 0.2) is 57.9 Å². The summed E-state index contributed by atoms with van der Waals surface area (Å²) in [5.74, 6) is -0.576. The predicted octanol–water partition coefficient (Wildman–Crippen LogP) is 4.98. The smallest absolute Gasteiger partial charge is 0.312 e. The van der Waals surface area contributed by atoms with Gasteiger partial charge in [0.25, 0.3) is 0 Å². The molecule has 0 bridgehead atoms. The van der Waals surface area contributed by atoms with E-state index in [0.29, 0.717) is 28.2 Å². The van der Waals surface area contributed by atoms with Gasteiger partial charge in [0.2, 0.25) is 5.43 Å². The highest BCUT2D eigenvalue weighted by Gasteiger charge is 2.34. The van der Waals surface area contributed by atoms with Crippen molar-refractivity contribution in [3.05, 3.63) is 75.1 Å². The highest BCUT2D eigenvalue weighted by atomic mass is 35.5. The molecule has 3 aromatic carbocycles. The van der Waals surface area contributed by atoms with Gasteiger partial charge in [-0.2, -0.15) is 0 Å². The van der Waals surface area contributed by atoms with Crippen molar-refractivity contribution in [3.63, 3.8) is 0 Å². The van der Waals surface area contributed by atoms with Crippen LogP contribution in [-0.4, -0.2) is 30.4 Å². The Morgan fingerprint density at radius 2 is 1.74 bits per heavy atom. The van der Waals surface area contributed by atoms with E-state index in [0.717, 1.165) is 0 Å². The lowest BCUT2D eigenvalue weighted by Crippen LogP contribution is -2.22. The Balaban J connectivity index is 1.74. The molecule has 0 saturated heterocycles. The fraction of sp³-hybridized carbons (Fsp3) is 0.154. The average molecular weight is 495 g/mol. The molecule has 0 radical (unpaired) electrons. The number of carbonyl (C=O) groups excluding carboxylic acids is 1. The second-order valence-electron chi connectivity index (χ2n) is 8.00. The van der Waals surface area contributed by atoms with E-state index in [-0.39, 0.29) is 45.2 Å². The molecule has 0 saturated carbocycles. The van der Waals surface area contributed by atoms with Crippen molar-refractivity contribution in [3.8, 4) is 39.9 Å². The molecular formula is C26H19ClO8. The van der Waals surface area contributed by atoms with Crippen LogP contribution in [0.4, 0.5) is 0 Å². The number of hydrogen-bond acceptors (Lipinski definition) is 8. The zero-order valence-corrected chi connectivity index (χ0v) is 19.4. The molecule has 35 heavy (non-hydrogen) atoms. The summed E-state index contributed by atoms with van der Waals surface area (Å²) in [7, 11) is 2.99.